The fourth-order valence-corrected chi connectivity index (χ4v) is 5.37. The van der Waals surface area contributed by atoms with E-state index in [1.165, 1.54) is 22.5 Å². The van der Waals surface area contributed by atoms with Crippen LogP contribution in [0.4, 0.5) is 11.5 Å². The summed E-state index contributed by atoms with van der Waals surface area (Å²) in [6.07, 6.45) is 2.80. The first kappa shape index (κ1) is 25.5. The minimum atomic E-state index is -0.251. The van der Waals surface area contributed by atoms with Gasteiger partial charge in [-0.05, 0) is 23.9 Å². The lowest BCUT2D eigenvalue weighted by Crippen LogP contribution is -2.55. The fraction of sp³-hybridized carbons (Fsp3) is 0.379. The molecule has 3 heterocycles. The maximum atomic E-state index is 12.4. The Balaban J connectivity index is 1.48. The summed E-state index contributed by atoms with van der Waals surface area (Å²) < 4.78 is 5.85. The van der Waals surface area contributed by atoms with Crippen molar-refractivity contribution in [3.05, 3.63) is 66.4 Å². The molecule has 5 rings (SSSR count). The molecular formula is C29H32N6O3. The molecule has 2 aromatic carbocycles. The van der Waals surface area contributed by atoms with Gasteiger partial charge in [0, 0.05) is 55.8 Å². The van der Waals surface area contributed by atoms with Crippen LogP contribution in [0.1, 0.15) is 24.1 Å². The van der Waals surface area contributed by atoms with Crippen LogP contribution in [0.25, 0.3) is 10.8 Å². The number of anilines is 2. The average Bonchev–Trinajstić information content (AvgIpc) is 2.96. The molecule has 2 aliphatic heterocycles. The maximum absolute atomic E-state index is 12.4. The number of amides is 1. The number of aliphatic hydroxyl groups excluding tert-OH is 1. The molecule has 2 aliphatic rings. The summed E-state index contributed by atoms with van der Waals surface area (Å²) in [5.74, 6) is 0.647. The summed E-state index contributed by atoms with van der Waals surface area (Å²) in [6.45, 7) is 6.98. The van der Waals surface area contributed by atoms with Crippen molar-refractivity contribution in [3.8, 4) is 12.1 Å². The molecule has 3 aromatic rings. The highest BCUT2D eigenvalue weighted by molar-refractivity contribution is 5.94. The highest BCUT2D eigenvalue weighted by atomic mass is 16.5. The van der Waals surface area contributed by atoms with Gasteiger partial charge in [-0.15, -0.1) is 0 Å². The smallest absolute Gasteiger partial charge is 0.318 e. The Bertz CT molecular complexity index is 1360. The van der Waals surface area contributed by atoms with E-state index in [1.807, 2.05) is 0 Å². The molecule has 1 amide bonds. The molecule has 9 heteroatoms. The molecule has 1 N–H and O–H groups in total. The van der Waals surface area contributed by atoms with Gasteiger partial charge in [0.05, 0.1) is 37.4 Å². The van der Waals surface area contributed by atoms with Crippen molar-refractivity contribution >= 4 is 28.2 Å². The molecule has 38 heavy (non-hydrogen) atoms. The Kier molecular flexibility index (Phi) is 7.70. The number of hydrogen-bond donors (Lipinski definition) is 1. The molecule has 1 atom stereocenters. The molecule has 9 nitrogen and oxygen atoms in total. The molecule has 1 saturated heterocycles. The van der Waals surface area contributed by atoms with E-state index in [9.17, 15) is 15.2 Å². The van der Waals surface area contributed by atoms with Crippen LogP contribution in [-0.2, 0) is 17.8 Å². The van der Waals surface area contributed by atoms with Gasteiger partial charge < -0.3 is 24.5 Å². The summed E-state index contributed by atoms with van der Waals surface area (Å²) in [5, 5.41) is 21.0. The zero-order valence-electron chi connectivity index (χ0n) is 21.4. The van der Waals surface area contributed by atoms with Crippen molar-refractivity contribution in [2.24, 2.45) is 0 Å². The second-order valence-electron chi connectivity index (χ2n) is 9.55. The van der Waals surface area contributed by atoms with E-state index in [0.29, 0.717) is 39.2 Å². The average molecular weight is 513 g/mol. The number of benzene rings is 2. The van der Waals surface area contributed by atoms with Crippen LogP contribution >= 0.6 is 0 Å². The van der Waals surface area contributed by atoms with Crippen molar-refractivity contribution in [2.75, 3.05) is 49.2 Å². The van der Waals surface area contributed by atoms with Crippen LogP contribution in [0.3, 0.4) is 0 Å². The van der Waals surface area contributed by atoms with Gasteiger partial charge in [-0.25, -0.2) is 0 Å². The Morgan fingerprint density at radius 3 is 2.82 bits per heavy atom. The molecule has 0 radical (unpaired) electrons. The van der Waals surface area contributed by atoms with Crippen LogP contribution in [0.15, 0.2) is 55.1 Å². The largest absolute Gasteiger partial charge is 0.463 e. The van der Waals surface area contributed by atoms with Crippen molar-refractivity contribution in [3.63, 3.8) is 0 Å². The summed E-state index contributed by atoms with van der Waals surface area (Å²) in [4.78, 5) is 28.2. The van der Waals surface area contributed by atoms with Gasteiger partial charge >= 0.3 is 6.01 Å². The number of ether oxygens (including phenoxy) is 1. The van der Waals surface area contributed by atoms with E-state index >= 15 is 0 Å². The third-order valence-electron chi connectivity index (χ3n) is 7.23. The minimum Gasteiger partial charge on any atom is -0.463 e. The summed E-state index contributed by atoms with van der Waals surface area (Å²) in [6, 6.07) is 17.0. The summed E-state index contributed by atoms with van der Waals surface area (Å²) in [5.41, 5.74) is 3.16. The quantitative estimate of drug-likeness (QED) is 0.363. The Morgan fingerprint density at radius 1 is 1.16 bits per heavy atom. The van der Waals surface area contributed by atoms with Gasteiger partial charge in [0.25, 0.3) is 0 Å². The first-order valence-corrected chi connectivity index (χ1v) is 13.0. The first-order chi connectivity index (χ1) is 18.6. The van der Waals surface area contributed by atoms with Gasteiger partial charge in [-0.3, -0.25) is 4.79 Å². The third kappa shape index (κ3) is 5.13. The second kappa shape index (κ2) is 11.5. The van der Waals surface area contributed by atoms with E-state index < -0.39 is 0 Å². The molecule has 1 unspecified atom stereocenters. The lowest BCUT2D eigenvalue weighted by molar-refractivity contribution is -0.128. The van der Waals surface area contributed by atoms with Gasteiger partial charge in [0.2, 0.25) is 5.91 Å². The molecule has 0 bridgehead atoms. The van der Waals surface area contributed by atoms with Gasteiger partial charge in [0.15, 0.2) is 0 Å². The SMILES string of the molecule is C=CC(=O)N1CCN(c2nc(OCCCO)nc3c2CCN(c2cccc4ccccc24)C3)CC1CC#N. The maximum Gasteiger partial charge on any atom is 0.318 e. The number of rotatable bonds is 8. The Morgan fingerprint density at radius 2 is 2.00 bits per heavy atom. The lowest BCUT2D eigenvalue weighted by atomic mass is 10.0. The van der Waals surface area contributed by atoms with E-state index in [0.717, 1.165) is 30.0 Å². The predicted molar refractivity (Wildman–Crippen MR) is 146 cm³/mol. The van der Waals surface area contributed by atoms with Crippen molar-refractivity contribution < 1.29 is 14.6 Å². The molecular weight excluding hydrogens is 480 g/mol. The highest BCUT2D eigenvalue weighted by Gasteiger charge is 2.33. The topological polar surface area (TPSA) is 106 Å². The normalized spacial score (nSPS) is 17.2. The van der Waals surface area contributed by atoms with Gasteiger partial charge in [-0.2, -0.15) is 15.2 Å². The van der Waals surface area contributed by atoms with Crippen molar-refractivity contribution in [1.29, 1.82) is 5.26 Å². The zero-order valence-corrected chi connectivity index (χ0v) is 21.4. The second-order valence-corrected chi connectivity index (χ2v) is 9.55. The van der Waals surface area contributed by atoms with Crippen molar-refractivity contribution in [1.82, 2.24) is 14.9 Å². The zero-order chi connectivity index (χ0) is 26.5. The highest BCUT2D eigenvalue weighted by Crippen LogP contribution is 2.34. The number of piperazine rings is 1. The molecule has 0 spiro atoms. The third-order valence-corrected chi connectivity index (χ3v) is 7.23. The molecule has 0 saturated carbocycles. The standard InChI is InChI=1S/C29H32N6O3/c1-2-27(37)35-16-15-34(19-22(35)11-13-30)28-24-12-14-33(20-25(24)31-29(32-28)38-18-6-17-36)26-10-5-8-21-7-3-4-9-23(21)26/h2-5,7-10,22,36H,1,6,11-12,14-20H2. The Hall–Kier alpha value is -4.16. The van der Waals surface area contributed by atoms with E-state index in [-0.39, 0.29) is 31.0 Å². The predicted octanol–water partition coefficient (Wildman–Crippen LogP) is 3.07. The number of aromatic nitrogens is 2. The van der Waals surface area contributed by atoms with Crippen LogP contribution in [0.5, 0.6) is 6.01 Å². The van der Waals surface area contributed by atoms with E-state index in [4.69, 9.17) is 14.7 Å². The molecule has 1 fully saturated rings. The van der Waals surface area contributed by atoms with E-state index in [2.05, 4.69) is 64.9 Å². The number of carbonyl (C=O) groups is 1. The van der Waals surface area contributed by atoms with Crippen molar-refractivity contribution in [2.45, 2.75) is 31.8 Å². The van der Waals surface area contributed by atoms with Gasteiger partial charge in [-0.1, -0.05) is 43.0 Å². The lowest BCUT2D eigenvalue weighted by Gasteiger charge is -2.42. The number of nitriles is 1. The molecule has 196 valence electrons. The van der Waals surface area contributed by atoms with Gasteiger partial charge in [0.1, 0.15) is 5.82 Å². The monoisotopic (exact) mass is 512 g/mol. The molecule has 0 aliphatic carbocycles. The summed E-state index contributed by atoms with van der Waals surface area (Å²) in [7, 11) is 0. The number of aliphatic hydroxyl groups is 1. The molecule has 1 aromatic heterocycles. The van der Waals surface area contributed by atoms with Crippen LogP contribution in [0.2, 0.25) is 0 Å². The first-order valence-electron chi connectivity index (χ1n) is 13.0. The van der Waals surface area contributed by atoms with Crippen LogP contribution in [0, 0.1) is 11.3 Å². The number of hydrogen-bond acceptors (Lipinski definition) is 8. The Labute approximate surface area is 222 Å². The fourth-order valence-electron chi connectivity index (χ4n) is 5.37. The van der Waals surface area contributed by atoms with E-state index in [1.54, 1.807) is 4.90 Å². The minimum absolute atomic E-state index is 0.0296. The number of nitrogens with zero attached hydrogens (tertiary/aromatic N) is 6. The van der Waals surface area contributed by atoms with Crippen LogP contribution < -0.4 is 14.5 Å². The number of fused-ring (bicyclic) bond motifs is 2. The van der Waals surface area contributed by atoms with Crippen LogP contribution in [-0.4, -0.2) is 71.3 Å². The summed E-state index contributed by atoms with van der Waals surface area (Å²) >= 11 is 0. The number of carbonyl (C=O) groups excluding carboxylic acids is 1.